The second kappa shape index (κ2) is 1.48. The summed E-state index contributed by atoms with van der Waals surface area (Å²) in [6.45, 7) is 3.36. The molecule has 1 aliphatic heterocycles. The molecule has 2 atom stereocenters. The molecule has 0 saturated carbocycles. The number of hydrogen-bond donors (Lipinski definition) is 1. The molecule has 1 amide bonds. The van der Waals surface area contributed by atoms with Crippen molar-refractivity contribution in [3.8, 4) is 0 Å². The van der Waals surface area contributed by atoms with Gasteiger partial charge in [-0.2, -0.15) is 0 Å². The molecule has 1 aliphatic rings. The summed E-state index contributed by atoms with van der Waals surface area (Å²) in [5.41, 5.74) is -1.10. The SMILES string of the molecule is C[C@H]1N(C)C(=O)[C@@]1(C)O. The van der Waals surface area contributed by atoms with E-state index in [1.807, 2.05) is 6.92 Å². The van der Waals surface area contributed by atoms with E-state index in [0.29, 0.717) is 0 Å². The zero-order valence-corrected chi connectivity index (χ0v) is 5.88. The number of aliphatic hydroxyl groups is 1. The number of rotatable bonds is 0. The van der Waals surface area contributed by atoms with Crippen LogP contribution in [0.2, 0.25) is 0 Å². The summed E-state index contributed by atoms with van der Waals surface area (Å²) < 4.78 is 0. The van der Waals surface area contributed by atoms with Crippen molar-refractivity contribution in [3.05, 3.63) is 0 Å². The normalized spacial score (nSPS) is 42.9. The van der Waals surface area contributed by atoms with E-state index in [-0.39, 0.29) is 11.9 Å². The molecule has 0 aromatic rings. The van der Waals surface area contributed by atoms with Gasteiger partial charge < -0.3 is 10.0 Å². The van der Waals surface area contributed by atoms with Crippen LogP contribution in [0, 0.1) is 0 Å². The molecule has 3 nitrogen and oxygen atoms in total. The number of carbonyl (C=O) groups is 1. The van der Waals surface area contributed by atoms with Crippen molar-refractivity contribution >= 4 is 5.91 Å². The van der Waals surface area contributed by atoms with Crippen molar-refractivity contribution in [3.63, 3.8) is 0 Å². The Labute approximate surface area is 54.3 Å². The Morgan fingerprint density at radius 1 is 1.78 bits per heavy atom. The van der Waals surface area contributed by atoms with Crippen molar-refractivity contribution in [2.75, 3.05) is 7.05 Å². The molecule has 1 heterocycles. The Balaban J connectivity index is 2.73. The van der Waals surface area contributed by atoms with Gasteiger partial charge in [0.25, 0.3) is 5.91 Å². The molecule has 1 fully saturated rings. The highest BCUT2D eigenvalue weighted by Crippen LogP contribution is 2.27. The minimum atomic E-state index is -1.10. The molecule has 52 valence electrons. The number of likely N-dealkylation sites (N-methyl/N-ethyl adjacent to an activating group) is 1. The van der Waals surface area contributed by atoms with Gasteiger partial charge in [-0.25, -0.2) is 0 Å². The fourth-order valence-electron chi connectivity index (χ4n) is 1.02. The van der Waals surface area contributed by atoms with E-state index in [9.17, 15) is 9.90 Å². The summed E-state index contributed by atoms with van der Waals surface area (Å²) >= 11 is 0. The van der Waals surface area contributed by atoms with Crippen molar-refractivity contribution in [1.82, 2.24) is 4.90 Å². The fourth-order valence-corrected chi connectivity index (χ4v) is 1.02. The van der Waals surface area contributed by atoms with Gasteiger partial charge in [0.1, 0.15) is 0 Å². The van der Waals surface area contributed by atoms with Crippen LogP contribution < -0.4 is 0 Å². The molecule has 0 unspecified atom stereocenters. The van der Waals surface area contributed by atoms with E-state index >= 15 is 0 Å². The number of β-lactam (4-membered cyclic amide) rings is 1. The van der Waals surface area contributed by atoms with Crippen LogP contribution in [0.15, 0.2) is 0 Å². The zero-order chi connectivity index (χ0) is 7.23. The van der Waals surface area contributed by atoms with Crippen molar-refractivity contribution in [1.29, 1.82) is 0 Å². The van der Waals surface area contributed by atoms with Gasteiger partial charge in [0.05, 0.1) is 6.04 Å². The number of nitrogens with zero attached hydrogens (tertiary/aromatic N) is 1. The Bertz CT molecular complexity index is 153. The van der Waals surface area contributed by atoms with Gasteiger partial charge in [-0.3, -0.25) is 4.79 Å². The molecule has 0 spiro atoms. The maximum atomic E-state index is 10.8. The number of likely N-dealkylation sites (tertiary alicyclic amines) is 1. The molecule has 0 radical (unpaired) electrons. The standard InChI is InChI=1S/C6H11NO2/c1-4-6(2,9)5(8)7(4)3/h4,9H,1-3H3/t4-,6+/m1/s1. The van der Waals surface area contributed by atoms with Crippen molar-refractivity contribution in [2.24, 2.45) is 0 Å². The van der Waals surface area contributed by atoms with Crippen molar-refractivity contribution in [2.45, 2.75) is 25.5 Å². The van der Waals surface area contributed by atoms with Gasteiger partial charge in [-0.15, -0.1) is 0 Å². The summed E-state index contributed by atoms with van der Waals surface area (Å²) in [6, 6.07) is -0.0370. The fraction of sp³-hybridized carbons (Fsp3) is 0.833. The van der Waals surface area contributed by atoms with Crippen LogP contribution in [-0.2, 0) is 4.79 Å². The van der Waals surface area contributed by atoms with Gasteiger partial charge in [0.15, 0.2) is 5.60 Å². The van der Waals surface area contributed by atoms with Crippen molar-refractivity contribution < 1.29 is 9.90 Å². The Morgan fingerprint density at radius 2 is 2.22 bits per heavy atom. The van der Waals surface area contributed by atoms with Gasteiger partial charge in [-0.05, 0) is 13.8 Å². The van der Waals surface area contributed by atoms with E-state index < -0.39 is 5.60 Å². The highest BCUT2D eigenvalue weighted by molar-refractivity contribution is 5.91. The monoisotopic (exact) mass is 129 g/mol. The van der Waals surface area contributed by atoms with Gasteiger partial charge in [0, 0.05) is 7.05 Å². The first kappa shape index (κ1) is 6.55. The minimum absolute atomic E-state index is 0.0370. The number of amides is 1. The highest BCUT2D eigenvalue weighted by atomic mass is 16.3. The predicted octanol–water partition coefficient (Wildman–Crippen LogP) is -0.402. The predicted molar refractivity (Wildman–Crippen MR) is 32.9 cm³/mol. The van der Waals surface area contributed by atoms with E-state index in [0.717, 1.165) is 0 Å². The van der Waals surface area contributed by atoms with E-state index in [1.165, 1.54) is 4.90 Å². The summed E-state index contributed by atoms with van der Waals surface area (Å²) in [7, 11) is 1.69. The molecule has 0 aliphatic carbocycles. The third kappa shape index (κ3) is 0.580. The first-order valence-electron chi connectivity index (χ1n) is 2.97. The largest absolute Gasteiger partial charge is 0.378 e. The molecule has 0 aromatic carbocycles. The lowest BCUT2D eigenvalue weighted by Gasteiger charge is -2.47. The third-order valence-corrected chi connectivity index (χ3v) is 2.15. The van der Waals surface area contributed by atoms with Gasteiger partial charge >= 0.3 is 0 Å². The van der Waals surface area contributed by atoms with Gasteiger partial charge in [0.2, 0.25) is 0 Å². The molecule has 1 saturated heterocycles. The quantitative estimate of drug-likeness (QED) is 0.452. The Kier molecular flexibility index (Phi) is 1.07. The molecule has 0 bridgehead atoms. The number of hydrogen-bond acceptors (Lipinski definition) is 2. The molecule has 1 N–H and O–H groups in total. The molecule has 0 aromatic heterocycles. The van der Waals surface area contributed by atoms with Crippen LogP contribution in [-0.4, -0.2) is 34.6 Å². The third-order valence-electron chi connectivity index (χ3n) is 2.15. The lowest BCUT2D eigenvalue weighted by atomic mass is 9.86. The second-order valence-electron chi connectivity index (χ2n) is 2.74. The molecular formula is C6H11NO2. The van der Waals surface area contributed by atoms with Crippen LogP contribution in [0.5, 0.6) is 0 Å². The highest BCUT2D eigenvalue weighted by Gasteiger charge is 2.51. The molecular weight excluding hydrogens is 118 g/mol. The molecule has 3 heteroatoms. The molecule has 9 heavy (non-hydrogen) atoms. The first-order chi connectivity index (χ1) is 3.98. The summed E-state index contributed by atoms with van der Waals surface area (Å²) in [4.78, 5) is 12.3. The minimum Gasteiger partial charge on any atom is -0.378 e. The average Bonchev–Trinajstić information content (AvgIpc) is 1.84. The first-order valence-corrected chi connectivity index (χ1v) is 2.97. The number of carbonyl (C=O) groups excluding carboxylic acids is 1. The van der Waals surface area contributed by atoms with Crippen LogP contribution in [0.3, 0.4) is 0 Å². The lowest BCUT2D eigenvalue weighted by molar-refractivity contribution is -0.181. The smallest absolute Gasteiger partial charge is 0.256 e. The van der Waals surface area contributed by atoms with Crippen LogP contribution >= 0.6 is 0 Å². The Morgan fingerprint density at radius 3 is 2.33 bits per heavy atom. The van der Waals surface area contributed by atoms with Crippen LogP contribution in [0.25, 0.3) is 0 Å². The van der Waals surface area contributed by atoms with E-state index in [1.54, 1.807) is 14.0 Å². The zero-order valence-electron chi connectivity index (χ0n) is 5.88. The maximum absolute atomic E-state index is 10.8. The average molecular weight is 129 g/mol. The van der Waals surface area contributed by atoms with Crippen LogP contribution in [0.4, 0.5) is 0 Å². The lowest BCUT2D eigenvalue weighted by Crippen LogP contribution is -2.69. The Hall–Kier alpha value is -0.570. The van der Waals surface area contributed by atoms with Crippen LogP contribution in [0.1, 0.15) is 13.8 Å². The summed E-state index contributed by atoms with van der Waals surface area (Å²) in [5.74, 6) is -0.185. The maximum Gasteiger partial charge on any atom is 0.256 e. The molecule has 1 rings (SSSR count). The summed E-state index contributed by atoms with van der Waals surface area (Å²) in [6.07, 6.45) is 0. The second-order valence-corrected chi connectivity index (χ2v) is 2.74. The van der Waals surface area contributed by atoms with E-state index in [4.69, 9.17) is 0 Å². The summed E-state index contributed by atoms with van der Waals surface area (Å²) in [5, 5.41) is 9.23. The topological polar surface area (TPSA) is 40.5 Å². The van der Waals surface area contributed by atoms with Gasteiger partial charge in [-0.1, -0.05) is 0 Å². The van der Waals surface area contributed by atoms with E-state index in [2.05, 4.69) is 0 Å².